The highest BCUT2D eigenvalue weighted by Crippen LogP contribution is 2.37. The monoisotopic (exact) mass is 353 g/mol. The molecule has 0 spiro atoms. The number of nitrogen functional groups attached to an aromatic ring is 1. The van der Waals surface area contributed by atoms with Crippen LogP contribution in [-0.4, -0.2) is 47.5 Å². The maximum atomic E-state index is 13.3. The number of carbonyl (C=O) groups excluding carboxylic acids is 1. The number of alkyl halides is 2. The summed E-state index contributed by atoms with van der Waals surface area (Å²) in [5, 5.41) is 0. The second kappa shape index (κ2) is 7.64. The van der Waals surface area contributed by atoms with Crippen LogP contribution in [0.4, 0.5) is 14.6 Å². The molecule has 1 saturated heterocycles. The summed E-state index contributed by atoms with van der Waals surface area (Å²) in [6.07, 6.45) is 3.44. The van der Waals surface area contributed by atoms with Crippen molar-refractivity contribution in [3.8, 4) is 0 Å². The zero-order valence-electron chi connectivity index (χ0n) is 14.3. The number of halogens is 2. The highest BCUT2D eigenvalue weighted by Gasteiger charge is 2.39. The van der Waals surface area contributed by atoms with Crippen molar-refractivity contribution in [3.63, 3.8) is 0 Å². The van der Waals surface area contributed by atoms with Crippen molar-refractivity contribution in [2.24, 2.45) is 5.92 Å². The smallest absolute Gasteiger partial charge is 0.248 e. The standard InChI is InChI=1S/C18H25F2N3O2/c19-18(20)6-3-14(4-7-18)17(24)23-9-10-25-15(12-23)2-1-13-5-8-22-16(21)11-13/h5,8,11,14-15H,1-4,6-7,9-10,12H2,(H2,21,22). The summed E-state index contributed by atoms with van der Waals surface area (Å²) in [5.41, 5.74) is 6.77. The maximum absolute atomic E-state index is 13.3. The number of aromatic nitrogens is 1. The van der Waals surface area contributed by atoms with E-state index in [1.54, 1.807) is 11.1 Å². The Kier molecular flexibility index (Phi) is 5.51. The number of hydrogen-bond donors (Lipinski definition) is 1. The molecule has 2 heterocycles. The molecule has 138 valence electrons. The minimum Gasteiger partial charge on any atom is -0.384 e. The number of nitrogens with zero attached hydrogens (tertiary/aromatic N) is 2. The Morgan fingerprint density at radius 2 is 2.16 bits per heavy atom. The fourth-order valence-corrected chi connectivity index (χ4v) is 3.62. The van der Waals surface area contributed by atoms with E-state index in [1.165, 1.54) is 0 Å². The number of ether oxygens (including phenoxy) is 1. The van der Waals surface area contributed by atoms with E-state index in [4.69, 9.17) is 10.5 Å². The number of rotatable bonds is 4. The first-order chi connectivity index (χ1) is 11.9. The number of nitrogens with two attached hydrogens (primary N) is 1. The zero-order chi connectivity index (χ0) is 17.9. The fourth-order valence-electron chi connectivity index (χ4n) is 3.62. The molecule has 1 aliphatic carbocycles. The SMILES string of the molecule is Nc1cc(CCC2CN(C(=O)C3CCC(F)(F)CC3)CCO2)ccn1. The van der Waals surface area contributed by atoms with E-state index in [9.17, 15) is 13.6 Å². The van der Waals surface area contributed by atoms with E-state index in [-0.39, 0.29) is 43.6 Å². The minimum absolute atomic E-state index is 0.0111. The Labute approximate surface area is 146 Å². The van der Waals surface area contributed by atoms with Crippen molar-refractivity contribution in [3.05, 3.63) is 23.9 Å². The van der Waals surface area contributed by atoms with Gasteiger partial charge in [0, 0.05) is 38.0 Å². The predicted molar refractivity (Wildman–Crippen MR) is 90.2 cm³/mol. The fraction of sp³-hybridized carbons (Fsp3) is 0.667. The van der Waals surface area contributed by atoms with Crippen LogP contribution >= 0.6 is 0 Å². The first-order valence-electron chi connectivity index (χ1n) is 8.91. The molecule has 1 aliphatic heterocycles. The normalized spacial score (nSPS) is 24.2. The summed E-state index contributed by atoms with van der Waals surface area (Å²) < 4.78 is 32.3. The van der Waals surface area contributed by atoms with Gasteiger partial charge in [-0.25, -0.2) is 13.8 Å². The maximum Gasteiger partial charge on any atom is 0.248 e. The van der Waals surface area contributed by atoms with Crippen LogP contribution in [0.25, 0.3) is 0 Å². The van der Waals surface area contributed by atoms with E-state index < -0.39 is 5.92 Å². The molecule has 2 N–H and O–H groups in total. The van der Waals surface area contributed by atoms with Crippen LogP contribution in [0.2, 0.25) is 0 Å². The minimum atomic E-state index is -2.60. The van der Waals surface area contributed by atoms with Crippen molar-refractivity contribution in [1.29, 1.82) is 0 Å². The molecule has 2 fully saturated rings. The molecule has 1 aromatic heterocycles. The molecule has 1 atom stereocenters. The van der Waals surface area contributed by atoms with Gasteiger partial charge in [0.15, 0.2) is 0 Å². The first kappa shape index (κ1) is 18.0. The van der Waals surface area contributed by atoms with Crippen molar-refractivity contribution in [2.75, 3.05) is 25.4 Å². The number of amides is 1. The van der Waals surface area contributed by atoms with Gasteiger partial charge in [-0.2, -0.15) is 0 Å². The van der Waals surface area contributed by atoms with E-state index in [0.717, 1.165) is 18.4 Å². The van der Waals surface area contributed by atoms with Crippen molar-refractivity contribution >= 4 is 11.7 Å². The predicted octanol–water partition coefficient (Wildman–Crippen LogP) is 2.65. The molecule has 2 aliphatic rings. The number of hydrogen-bond acceptors (Lipinski definition) is 4. The second-order valence-electron chi connectivity index (χ2n) is 7.03. The zero-order valence-corrected chi connectivity index (χ0v) is 14.3. The van der Waals surface area contributed by atoms with Crippen LogP contribution in [-0.2, 0) is 16.0 Å². The number of morpholine rings is 1. The molecule has 25 heavy (non-hydrogen) atoms. The summed E-state index contributed by atoms with van der Waals surface area (Å²) in [7, 11) is 0. The average Bonchev–Trinajstić information content (AvgIpc) is 2.60. The van der Waals surface area contributed by atoms with Gasteiger partial charge in [0.05, 0.1) is 12.7 Å². The lowest BCUT2D eigenvalue weighted by molar-refractivity contribution is -0.147. The van der Waals surface area contributed by atoms with Crippen LogP contribution in [0.3, 0.4) is 0 Å². The number of pyridine rings is 1. The summed E-state index contributed by atoms with van der Waals surface area (Å²) in [6, 6.07) is 3.76. The molecule has 1 amide bonds. The lowest BCUT2D eigenvalue weighted by Gasteiger charge is -2.37. The molecule has 5 nitrogen and oxygen atoms in total. The van der Waals surface area contributed by atoms with Gasteiger partial charge >= 0.3 is 0 Å². The van der Waals surface area contributed by atoms with Crippen LogP contribution in [0, 0.1) is 5.92 Å². The molecule has 1 aromatic rings. The Hall–Kier alpha value is -1.76. The van der Waals surface area contributed by atoms with E-state index in [2.05, 4.69) is 4.98 Å². The summed E-state index contributed by atoms with van der Waals surface area (Å²) in [5.74, 6) is -2.36. The Morgan fingerprint density at radius 1 is 1.40 bits per heavy atom. The quantitative estimate of drug-likeness (QED) is 0.904. The second-order valence-corrected chi connectivity index (χ2v) is 7.03. The first-order valence-corrected chi connectivity index (χ1v) is 8.91. The van der Waals surface area contributed by atoms with Gasteiger partial charge in [0.25, 0.3) is 0 Å². The average molecular weight is 353 g/mol. The van der Waals surface area contributed by atoms with E-state index in [1.807, 2.05) is 12.1 Å². The highest BCUT2D eigenvalue weighted by atomic mass is 19.3. The van der Waals surface area contributed by atoms with Gasteiger partial charge in [0.1, 0.15) is 5.82 Å². The molecule has 3 rings (SSSR count). The van der Waals surface area contributed by atoms with Gasteiger partial charge < -0.3 is 15.4 Å². The molecule has 7 heteroatoms. The van der Waals surface area contributed by atoms with Gasteiger partial charge in [-0.3, -0.25) is 4.79 Å². The Bertz CT molecular complexity index is 602. The van der Waals surface area contributed by atoms with Gasteiger partial charge in [-0.1, -0.05) is 0 Å². The molecule has 0 bridgehead atoms. The topological polar surface area (TPSA) is 68.5 Å². The highest BCUT2D eigenvalue weighted by molar-refractivity contribution is 5.79. The van der Waals surface area contributed by atoms with Gasteiger partial charge in [-0.05, 0) is 43.4 Å². The third-order valence-corrected chi connectivity index (χ3v) is 5.12. The summed E-state index contributed by atoms with van der Waals surface area (Å²) in [4.78, 5) is 18.4. The Morgan fingerprint density at radius 3 is 2.88 bits per heavy atom. The molecular formula is C18H25F2N3O2. The lowest BCUT2D eigenvalue weighted by Crippen LogP contribution is -2.48. The third-order valence-electron chi connectivity index (χ3n) is 5.12. The molecular weight excluding hydrogens is 328 g/mol. The largest absolute Gasteiger partial charge is 0.384 e. The van der Waals surface area contributed by atoms with Crippen molar-refractivity contribution in [1.82, 2.24) is 9.88 Å². The number of anilines is 1. The van der Waals surface area contributed by atoms with Crippen LogP contribution < -0.4 is 5.73 Å². The molecule has 1 unspecified atom stereocenters. The molecule has 0 aromatic carbocycles. The van der Waals surface area contributed by atoms with Crippen molar-refractivity contribution in [2.45, 2.75) is 50.6 Å². The van der Waals surface area contributed by atoms with Crippen LogP contribution in [0.5, 0.6) is 0 Å². The number of carbonyl (C=O) groups is 1. The van der Waals surface area contributed by atoms with E-state index in [0.29, 0.717) is 25.5 Å². The van der Waals surface area contributed by atoms with E-state index >= 15 is 0 Å². The van der Waals surface area contributed by atoms with Crippen LogP contribution in [0.1, 0.15) is 37.7 Å². The van der Waals surface area contributed by atoms with Gasteiger partial charge in [-0.15, -0.1) is 0 Å². The Balaban J connectivity index is 1.50. The molecule has 0 radical (unpaired) electrons. The van der Waals surface area contributed by atoms with Crippen molar-refractivity contribution < 1.29 is 18.3 Å². The summed E-state index contributed by atoms with van der Waals surface area (Å²) in [6.45, 7) is 1.58. The number of aryl methyl sites for hydroxylation is 1. The third kappa shape index (κ3) is 4.87. The van der Waals surface area contributed by atoms with Gasteiger partial charge in [0.2, 0.25) is 11.8 Å². The van der Waals surface area contributed by atoms with Crippen LogP contribution in [0.15, 0.2) is 18.3 Å². The lowest BCUT2D eigenvalue weighted by atomic mass is 9.85. The summed E-state index contributed by atoms with van der Waals surface area (Å²) >= 11 is 0. The molecule has 1 saturated carbocycles.